The normalized spacial score (nSPS) is 33.9. The Morgan fingerprint density at radius 3 is 2.33 bits per heavy atom. The molecular weight excluding hydrogens is 214 g/mol. The van der Waals surface area contributed by atoms with E-state index in [0.29, 0.717) is 17.8 Å². The zero-order chi connectivity index (χ0) is 11.2. The van der Waals surface area contributed by atoms with E-state index in [1.807, 2.05) is 25.7 Å². The molecule has 2 unspecified atom stereocenters. The van der Waals surface area contributed by atoms with E-state index in [9.17, 15) is 4.79 Å². The second kappa shape index (κ2) is 3.55. The van der Waals surface area contributed by atoms with E-state index in [4.69, 9.17) is 16.3 Å². The number of nitrogens with zero attached hydrogens (tertiary/aromatic N) is 1. The minimum atomic E-state index is -0.393. The third-order valence-electron chi connectivity index (χ3n) is 3.20. The average molecular weight is 232 g/mol. The van der Waals surface area contributed by atoms with Crippen LogP contribution < -0.4 is 0 Å². The van der Waals surface area contributed by atoms with Crippen molar-refractivity contribution in [3.05, 3.63) is 0 Å². The second-order valence-corrected chi connectivity index (χ2v) is 5.84. The van der Waals surface area contributed by atoms with Crippen LogP contribution in [0.3, 0.4) is 0 Å². The van der Waals surface area contributed by atoms with Gasteiger partial charge in [0.2, 0.25) is 0 Å². The predicted molar refractivity (Wildman–Crippen MR) is 59.0 cm³/mol. The fourth-order valence-corrected chi connectivity index (χ4v) is 2.81. The number of alkyl halides is 1. The lowest BCUT2D eigenvalue weighted by Crippen LogP contribution is -2.37. The second-order valence-electron chi connectivity index (χ2n) is 5.53. The lowest BCUT2D eigenvalue weighted by atomic mass is 10.2. The highest BCUT2D eigenvalue weighted by molar-refractivity contribution is 6.18. The predicted octanol–water partition coefficient (Wildman–Crippen LogP) is 2.34. The molecule has 0 N–H and O–H groups in total. The Morgan fingerprint density at radius 1 is 1.40 bits per heavy atom. The van der Waals surface area contributed by atoms with Crippen LogP contribution in [0.25, 0.3) is 0 Å². The van der Waals surface area contributed by atoms with Crippen LogP contribution in [0, 0.1) is 17.8 Å². The van der Waals surface area contributed by atoms with Crippen molar-refractivity contribution in [2.75, 3.05) is 19.0 Å². The Kier molecular flexibility index (Phi) is 2.61. The largest absolute Gasteiger partial charge is 0.444 e. The molecule has 0 radical (unpaired) electrons. The summed E-state index contributed by atoms with van der Waals surface area (Å²) in [7, 11) is 0. The smallest absolute Gasteiger partial charge is 0.410 e. The van der Waals surface area contributed by atoms with Gasteiger partial charge in [-0.25, -0.2) is 4.79 Å². The van der Waals surface area contributed by atoms with E-state index in [-0.39, 0.29) is 6.09 Å². The Morgan fingerprint density at radius 2 is 1.93 bits per heavy atom. The lowest BCUT2D eigenvalue weighted by molar-refractivity contribution is 0.0267. The third-order valence-corrected chi connectivity index (χ3v) is 3.56. The number of carbonyl (C=O) groups is 1. The van der Waals surface area contributed by atoms with E-state index in [1.165, 1.54) is 0 Å². The van der Waals surface area contributed by atoms with Gasteiger partial charge in [-0.15, -0.1) is 11.6 Å². The zero-order valence-corrected chi connectivity index (χ0v) is 10.3. The molecule has 0 aromatic rings. The van der Waals surface area contributed by atoms with Gasteiger partial charge in [0, 0.05) is 19.0 Å². The molecular formula is C11H18ClNO2. The first kappa shape index (κ1) is 11.1. The maximum Gasteiger partial charge on any atom is 0.410 e. The molecule has 0 aromatic carbocycles. The van der Waals surface area contributed by atoms with Crippen molar-refractivity contribution in [2.24, 2.45) is 17.8 Å². The summed E-state index contributed by atoms with van der Waals surface area (Å²) in [4.78, 5) is 13.5. The van der Waals surface area contributed by atoms with Crippen LogP contribution in [0.2, 0.25) is 0 Å². The van der Waals surface area contributed by atoms with Gasteiger partial charge >= 0.3 is 6.09 Å². The number of hydrogen-bond acceptors (Lipinski definition) is 2. The topological polar surface area (TPSA) is 29.5 Å². The summed E-state index contributed by atoms with van der Waals surface area (Å²) in [6.45, 7) is 7.34. The zero-order valence-electron chi connectivity index (χ0n) is 9.50. The van der Waals surface area contributed by atoms with Crippen LogP contribution in [-0.2, 0) is 4.74 Å². The van der Waals surface area contributed by atoms with Crippen LogP contribution in [-0.4, -0.2) is 35.6 Å². The molecule has 0 bridgehead atoms. The Balaban J connectivity index is 1.82. The number of piperidine rings is 1. The molecule has 4 heteroatoms. The Hall–Kier alpha value is -0.440. The minimum Gasteiger partial charge on any atom is -0.444 e. The van der Waals surface area contributed by atoms with Gasteiger partial charge < -0.3 is 9.64 Å². The standard InChI is InChI=1S/C11H18ClNO2/c1-11(2,3)15-10(14)13-5-8-7(4-12)9(8)6-13/h7-9H,4-6H2,1-3H3/t7?,8-,9?/m1/s1. The molecule has 2 rings (SSSR count). The van der Waals surface area contributed by atoms with Gasteiger partial charge in [0.1, 0.15) is 5.60 Å². The van der Waals surface area contributed by atoms with Gasteiger partial charge in [0.25, 0.3) is 0 Å². The monoisotopic (exact) mass is 231 g/mol. The number of carbonyl (C=O) groups excluding carboxylic acids is 1. The summed E-state index contributed by atoms with van der Waals surface area (Å²) in [5.74, 6) is 2.65. The van der Waals surface area contributed by atoms with E-state index in [0.717, 1.165) is 19.0 Å². The molecule has 15 heavy (non-hydrogen) atoms. The van der Waals surface area contributed by atoms with E-state index in [1.54, 1.807) is 0 Å². The summed E-state index contributed by atoms with van der Waals surface area (Å²) < 4.78 is 5.31. The molecule has 3 nitrogen and oxygen atoms in total. The maximum atomic E-state index is 11.7. The van der Waals surface area contributed by atoms with Crippen LogP contribution in [0.15, 0.2) is 0 Å². The van der Waals surface area contributed by atoms with Crippen LogP contribution in [0.5, 0.6) is 0 Å². The fourth-order valence-electron chi connectivity index (χ4n) is 2.35. The first-order valence-corrected chi connectivity index (χ1v) is 5.99. The molecule has 0 aromatic heterocycles. The minimum absolute atomic E-state index is 0.178. The number of amides is 1. The van der Waals surface area contributed by atoms with Crippen LogP contribution in [0.4, 0.5) is 4.79 Å². The van der Waals surface area contributed by atoms with Gasteiger partial charge in [0.15, 0.2) is 0 Å². The van der Waals surface area contributed by atoms with Gasteiger partial charge in [-0.2, -0.15) is 0 Å². The van der Waals surface area contributed by atoms with Crippen molar-refractivity contribution in [2.45, 2.75) is 26.4 Å². The highest BCUT2D eigenvalue weighted by atomic mass is 35.5. The highest BCUT2D eigenvalue weighted by Gasteiger charge is 2.56. The summed E-state index contributed by atoms with van der Waals surface area (Å²) in [5.41, 5.74) is -0.393. The van der Waals surface area contributed by atoms with Crippen molar-refractivity contribution in [3.63, 3.8) is 0 Å². The van der Waals surface area contributed by atoms with Crippen molar-refractivity contribution in [1.82, 2.24) is 4.90 Å². The van der Waals surface area contributed by atoms with Gasteiger partial charge in [-0.05, 0) is 38.5 Å². The molecule has 86 valence electrons. The summed E-state index contributed by atoms with van der Waals surface area (Å²) in [5, 5.41) is 0. The molecule has 2 fully saturated rings. The Bertz CT molecular complexity index is 262. The van der Waals surface area contributed by atoms with E-state index in [2.05, 4.69) is 0 Å². The number of hydrogen-bond donors (Lipinski definition) is 0. The lowest BCUT2D eigenvalue weighted by Gasteiger charge is -2.25. The van der Waals surface area contributed by atoms with Gasteiger partial charge in [0.05, 0.1) is 0 Å². The first-order chi connectivity index (χ1) is 6.92. The van der Waals surface area contributed by atoms with Crippen molar-refractivity contribution < 1.29 is 9.53 Å². The van der Waals surface area contributed by atoms with E-state index >= 15 is 0 Å². The van der Waals surface area contributed by atoms with Crippen molar-refractivity contribution in [3.8, 4) is 0 Å². The number of likely N-dealkylation sites (tertiary alicyclic amines) is 1. The first-order valence-electron chi connectivity index (χ1n) is 5.46. The van der Waals surface area contributed by atoms with Crippen LogP contribution in [0.1, 0.15) is 20.8 Å². The number of rotatable bonds is 1. The molecule has 3 atom stereocenters. The van der Waals surface area contributed by atoms with Crippen molar-refractivity contribution >= 4 is 17.7 Å². The summed E-state index contributed by atoms with van der Waals surface area (Å²) >= 11 is 5.80. The number of ether oxygens (including phenoxy) is 1. The van der Waals surface area contributed by atoms with Crippen molar-refractivity contribution in [1.29, 1.82) is 0 Å². The molecule has 2 aliphatic rings. The molecule has 1 amide bonds. The van der Waals surface area contributed by atoms with E-state index < -0.39 is 5.60 Å². The highest BCUT2D eigenvalue weighted by Crippen LogP contribution is 2.52. The summed E-state index contributed by atoms with van der Waals surface area (Å²) in [6, 6.07) is 0. The Labute approximate surface area is 95.7 Å². The molecule has 1 heterocycles. The molecule has 1 saturated carbocycles. The average Bonchev–Trinajstić information content (AvgIpc) is 2.54. The fraction of sp³-hybridized carbons (Fsp3) is 0.909. The number of fused-ring (bicyclic) bond motifs is 1. The number of halogens is 1. The third kappa shape index (κ3) is 2.22. The SMILES string of the molecule is CC(C)(C)OC(=O)N1CC2C(CCl)[C@H]2C1. The van der Waals surface area contributed by atoms with Gasteiger partial charge in [-0.3, -0.25) is 0 Å². The quantitative estimate of drug-likeness (QED) is 0.649. The maximum absolute atomic E-state index is 11.7. The molecule has 1 saturated heterocycles. The molecule has 1 aliphatic heterocycles. The summed E-state index contributed by atoms with van der Waals surface area (Å²) in [6.07, 6.45) is -0.178. The molecule has 1 aliphatic carbocycles. The van der Waals surface area contributed by atoms with Crippen LogP contribution >= 0.6 is 11.6 Å². The van der Waals surface area contributed by atoms with Gasteiger partial charge in [-0.1, -0.05) is 0 Å². The molecule has 0 spiro atoms.